The van der Waals surface area contributed by atoms with Crippen molar-refractivity contribution in [2.24, 2.45) is 0 Å². The summed E-state index contributed by atoms with van der Waals surface area (Å²) in [4.78, 5) is 22.5. The molecule has 4 rings (SSSR count). The lowest BCUT2D eigenvalue weighted by molar-refractivity contribution is 0.0686. The predicted molar refractivity (Wildman–Crippen MR) is 85.7 cm³/mol. The highest BCUT2D eigenvalue weighted by atomic mass is 16.4. The van der Waals surface area contributed by atoms with E-state index in [-0.39, 0.29) is 16.9 Å². The molecule has 0 heterocycles. The van der Waals surface area contributed by atoms with E-state index in [1.165, 1.54) is 18.2 Å². The summed E-state index contributed by atoms with van der Waals surface area (Å²) in [6, 6.07) is 11.0. The van der Waals surface area contributed by atoms with Crippen LogP contribution < -0.4 is 0 Å². The first-order valence-corrected chi connectivity index (χ1v) is 6.88. The van der Waals surface area contributed by atoms with E-state index in [0.717, 1.165) is 16.2 Å². The van der Waals surface area contributed by atoms with Crippen molar-refractivity contribution >= 4 is 44.3 Å². The first-order valence-electron chi connectivity index (χ1n) is 6.88. The van der Waals surface area contributed by atoms with E-state index in [1.54, 1.807) is 24.3 Å². The van der Waals surface area contributed by atoms with Gasteiger partial charge in [-0.1, -0.05) is 12.1 Å². The Morgan fingerprint density at radius 1 is 0.696 bits per heavy atom. The minimum absolute atomic E-state index is 0.0689. The maximum absolute atomic E-state index is 11.3. The van der Waals surface area contributed by atoms with Gasteiger partial charge in [0.05, 0.1) is 11.1 Å². The molecule has 112 valence electrons. The van der Waals surface area contributed by atoms with Gasteiger partial charge >= 0.3 is 11.9 Å². The number of carboxylic acid groups (broad SMARTS) is 2. The van der Waals surface area contributed by atoms with Crippen LogP contribution in [0, 0.1) is 0 Å². The first kappa shape index (κ1) is 13.3. The van der Waals surface area contributed by atoms with Gasteiger partial charge in [0, 0.05) is 10.8 Å². The fraction of sp³-hybridized carbons (Fsp3) is 0. The first-order chi connectivity index (χ1) is 11.0. The van der Waals surface area contributed by atoms with Crippen molar-refractivity contribution in [3.05, 3.63) is 53.6 Å². The molecule has 0 bridgehead atoms. The Labute approximate surface area is 129 Å². The molecular weight excluding hydrogens is 296 g/mol. The SMILES string of the molecule is O=C(O)c1cc2ccc3cc(C(=O)O)cc4c(O)cc(c1)c2c34. The quantitative estimate of drug-likeness (QED) is 0.491. The molecule has 0 aromatic heterocycles. The molecule has 3 N–H and O–H groups in total. The predicted octanol–water partition coefficient (Wildman–Crippen LogP) is 3.69. The van der Waals surface area contributed by atoms with Crippen LogP contribution in [0.15, 0.2) is 42.5 Å². The Kier molecular flexibility index (Phi) is 2.51. The van der Waals surface area contributed by atoms with Crippen molar-refractivity contribution in [3.63, 3.8) is 0 Å². The molecule has 0 spiro atoms. The third-order valence-corrected chi connectivity index (χ3v) is 4.12. The van der Waals surface area contributed by atoms with Gasteiger partial charge in [-0.2, -0.15) is 0 Å². The van der Waals surface area contributed by atoms with Crippen molar-refractivity contribution in [3.8, 4) is 5.75 Å². The lowest BCUT2D eigenvalue weighted by atomic mass is 9.91. The normalized spacial score (nSPS) is 11.5. The molecule has 5 heteroatoms. The van der Waals surface area contributed by atoms with E-state index < -0.39 is 11.9 Å². The average Bonchev–Trinajstić information content (AvgIpc) is 2.52. The van der Waals surface area contributed by atoms with E-state index in [9.17, 15) is 24.9 Å². The van der Waals surface area contributed by atoms with Crippen LogP contribution in [0.5, 0.6) is 5.75 Å². The maximum Gasteiger partial charge on any atom is 0.335 e. The highest BCUT2D eigenvalue weighted by Gasteiger charge is 2.16. The molecule has 4 aromatic rings. The molecule has 0 aliphatic rings. The zero-order valence-corrected chi connectivity index (χ0v) is 11.7. The third-order valence-electron chi connectivity index (χ3n) is 4.12. The topological polar surface area (TPSA) is 94.8 Å². The van der Waals surface area contributed by atoms with Crippen LogP contribution in [0.4, 0.5) is 0 Å². The van der Waals surface area contributed by atoms with Crippen LogP contribution >= 0.6 is 0 Å². The lowest BCUT2D eigenvalue weighted by Crippen LogP contribution is -1.98. The van der Waals surface area contributed by atoms with Gasteiger partial charge in [-0.25, -0.2) is 9.59 Å². The summed E-state index contributed by atoms with van der Waals surface area (Å²) in [5, 5.41) is 32.7. The minimum Gasteiger partial charge on any atom is -0.507 e. The molecule has 23 heavy (non-hydrogen) atoms. The second-order valence-corrected chi connectivity index (χ2v) is 5.49. The van der Waals surface area contributed by atoms with Crippen LogP contribution in [0.2, 0.25) is 0 Å². The Hall–Kier alpha value is -3.34. The minimum atomic E-state index is -1.07. The van der Waals surface area contributed by atoms with E-state index in [0.29, 0.717) is 16.2 Å². The summed E-state index contributed by atoms with van der Waals surface area (Å²) in [6.07, 6.45) is 0. The maximum atomic E-state index is 11.3. The van der Waals surface area contributed by atoms with Crippen molar-refractivity contribution in [2.75, 3.05) is 0 Å². The largest absolute Gasteiger partial charge is 0.507 e. The molecule has 0 fully saturated rings. The van der Waals surface area contributed by atoms with E-state index >= 15 is 0 Å². The van der Waals surface area contributed by atoms with Gasteiger partial charge in [0.15, 0.2) is 0 Å². The Morgan fingerprint density at radius 3 is 1.83 bits per heavy atom. The van der Waals surface area contributed by atoms with Crippen LogP contribution in [0.1, 0.15) is 20.7 Å². The molecule has 0 aliphatic carbocycles. The van der Waals surface area contributed by atoms with Crippen LogP contribution in [0.3, 0.4) is 0 Å². The highest BCUT2D eigenvalue weighted by Crippen LogP contribution is 2.40. The molecule has 0 saturated heterocycles. The molecule has 0 radical (unpaired) electrons. The number of benzene rings is 4. The van der Waals surface area contributed by atoms with Gasteiger partial charge in [-0.3, -0.25) is 0 Å². The van der Waals surface area contributed by atoms with Crippen molar-refractivity contribution in [2.45, 2.75) is 0 Å². The average molecular weight is 306 g/mol. The molecular formula is C18H10O5. The molecule has 0 unspecified atom stereocenters. The Balaban J connectivity index is 2.26. The standard InChI is InChI=1S/C18H10O5/c19-14-7-10-5-11(17(20)21)3-8-1-2-9-4-12(18(22)23)6-13(14)16(9)15(8)10/h1-7,19H,(H,20,21)(H,22,23). The fourth-order valence-electron chi connectivity index (χ4n) is 3.15. The smallest absolute Gasteiger partial charge is 0.335 e. The number of aromatic carboxylic acids is 2. The van der Waals surface area contributed by atoms with Crippen LogP contribution in [-0.4, -0.2) is 27.3 Å². The number of aromatic hydroxyl groups is 1. The van der Waals surface area contributed by atoms with Crippen molar-refractivity contribution in [1.82, 2.24) is 0 Å². The number of carboxylic acids is 2. The lowest BCUT2D eigenvalue weighted by Gasteiger charge is -2.13. The van der Waals surface area contributed by atoms with Crippen molar-refractivity contribution in [1.29, 1.82) is 0 Å². The summed E-state index contributed by atoms with van der Waals surface area (Å²) in [7, 11) is 0. The molecule has 0 aliphatic heterocycles. The second-order valence-electron chi connectivity index (χ2n) is 5.49. The third kappa shape index (κ3) is 1.80. The van der Waals surface area contributed by atoms with E-state index in [2.05, 4.69) is 0 Å². The summed E-state index contributed by atoms with van der Waals surface area (Å²) in [5.41, 5.74) is 0.235. The van der Waals surface area contributed by atoms with Gasteiger partial charge in [-0.15, -0.1) is 0 Å². The van der Waals surface area contributed by atoms with E-state index in [1.807, 2.05) is 0 Å². The van der Waals surface area contributed by atoms with Crippen LogP contribution in [-0.2, 0) is 0 Å². The summed E-state index contributed by atoms with van der Waals surface area (Å²) in [6.45, 7) is 0. The summed E-state index contributed by atoms with van der Waals surface area (Å²) in [5.74, 6) is -2.17. The fourth-order valence-corrected chi connectivity index (χ4v) is 3.15. The number of phenolic OH excluding ortho intramolecular Hbond substituents is 1. The zero-order valence-electron chi connectivity index (χ0n) is 11.7. The van der Waals surface area contributed by atoms with E-state index in [4.69, 9.17) is 0 Å². The van der Waals surface area contributed by atoms with Gasteiger partial charge < -0.3 is 15.3 Å². The second kappa shape index (κ2) is 4.33. The molecule has 4 aromatic carbocycles. The molecule has 5 nitrogen and oxygen atoms in total. The number of rotatable bonds is 2. The van der Waals surface area contributed by atoms with Gasteiger partial charge in [0.2, 0.25) is 0 Å². The molecule has 0 saturated carbocycles. The van der Waals surface area contributed by atoms with Gasteiger partial charge in [-0.05, 0) is 51.9 Å². The highest BCUT2D eigenvalue weighted by molar-refractivity contribution is 6.26. The van der Waals surface area contributed by atoms with Gasteiger partial charge in [0.1, 0.15) is 5.75 Å². The Morgan fingerprint density at radius 2 is 1.22 bits per heavy atom. The number of phenols is 1. The zero-order chi connectivity index (χ0) is 16.3. The number of carbonyl (C=O) groups is 2. The Bertz CT molecular complexity index is 1130. The van der Waals surface area contributed by atoms with Gasteiger partial charge in [0.25, 0.3) is 0 Å². The summed E-state index contributed by atoms with van der Waals surface area (Å²) < 4.78 is 0. The van der Waals surface area contributed by atoms with Crippen LogP contribution in [0.25, 0.3) is 32.3 Å². The monoisotopic (exact) mass is 306 g/mol. The molecule has 0 amide bonds. The number of hydrogen-bond acceptors (Lipinski definition) is 3. The summed E-state index contributed by atoms with van der Waals surface area (Å²) >= 11 is 0. The van der Waals surface area contributed by atoms with Crippen molar-refractivity contribution < 1.29 is 24.9 Å². The molecule has 0 atom stereocenters. The number of hydrogen-bond donors (Lipinski definition) is 3.